The van der Waals surface area contributed by atoms with Gasteiger partial charge in [-0.1, -0.05) is 12.1 Å². The van der Waals surface area contributed by atoms with Crippen molar-refractivity contribution < 1.29 is 4.79 Å². The highest BCUT2D eigenvalue weighted by Crippen LogP contribution is 2.19. The predicted molar refractivity (Wildman–Crippen MR) is 108 cm³/mol. The van der Waals surface area contributed by atoms with E-state index in [-0.39, 0.29) is 18.0 Å². The van der Waals surface area contributed by atoms with Crippen LogP contribution in [-0.4, -0.2) is 44.5 Å². The summed E-state index contributed by atoms with van der Waals surface area (Å²) in [5, 5.41) is 0. The van der Waals surface area contributed by atoms with Gasteiger partial charge in [0, 0.05) is 38.6 Å². The Balaban J connectivity index is 1.40. The molecule has 1 fully saturated rings. The number of imidazole rings is 1. The van der Waals surface area contributed by atoms with Crippen molar-refractivity contribution in [2.24, 2.45) is 0 Å². The molecule has 0 aliphatic carbocycles. The van der Waals surface area contributed by atoms with E-state index in [1.807, 2.05) is 51.4 Å². The Morgan fingerprint density at radius 1 is 1.25 bits per heavy atom. The van der Waals surface area contributed by atoms with Crippen LogP contribution in [0.2, 0.25) is 0 Å². The second-order valence-corrected chi connectivity index (χ2v) is 7.53. The zero-order valence-corrected chi connectivity index (χ0v) is 16.5. The van der Waals surface area contributed by atoms with Crippen molar-refractivity contribution in [2.75, 3.05) is 7.05 Å². The number of likely N-dealkylation sites (N-methyl/N-ethyl adjacent to an activating group) is 1. The maximum Gasteiger partial charge on any atom is 0.241 e. The third kappa shape index (κ3) is 3.63. The maximum atomic E-state index is 12.9. The van der Waals surface area contributed by atoms with Gasteiger partial charge in [-0.25, -0.2) is 10.4 Å². The number of amides is 1. The molecule has 3 heterocycles. The van der Waals surface area contributed by atoms with Crippen molar-refractivity contribution in [2.45, 2.75) is 45.4 Å². The second kappa shape index (κ2) is 7.69. The lowest BCUT2D eigenvalue weighted by atomic mass is 10.1. The number of hydrogen-bond acceptors (Lipinski definition) is 5. The van der Waals surface area contributed by atoms with Gasteiger partial charge < -0.3 is 9.47 Å². The Bertz CT molecular complexity index is 997. The molecule has 146 valence electrons. The van der Waals surface area contributed by atoms with Crippen molar-refractivity contribution >= 4 is 16.9 Å². The van der Waals surface area contributed by atoms with Gasteiger partial charge in [-0.15, -0.1) is 0 Å². The summed E-state index contributed by atoms with van der Waals surface area (Å²) >= 11 is 0. The highest BCUT2D eigenvalue weighted by Gasteiger charge is 2.31. The fourth-order valence-corrected chi connectivity index (χ4v) is 3.83. The van der Waals surface area contributed by atoms with Crippen LogP contribution in [0.3, 0.4) is 0 Å². The number of nitrogens with zero attached hydrogens (tertiary/aromatic N) is 4. The Morgan fingerprint density at radius 3 is 2.89 bits per heavy atom. The van der Waals surface area contributed by atoms with E-state index in [0.29, 0.717) is 6.54 Å². The first-order valence-electron chi connectivity index (χ1n) is 9.60. The van der Waals surface area contributed by atoms with Gasteiger partial charge in [0.15, 0.2) is 0 Å². The summed E-state index contributed by atoms with van der Waals surface area (Å²) in [6.07, 6.45) is 4.34. The summed E-state index contributed by atoms with van der Waals surface area (Å²) in [5.41, 5.74) is 10.8. The van der Waals surface area contributed by atoms with Crippen molar-refractivity contribution in [1.29, 1.82) is 0 Å². The molecule has 7 heteroatoms. The molecule has 0 spiro atoms. The van der Waals surface area contributed by atoms with Crippen molar-refractivity contribution in [3.63, 3.8) is 0 Å². The lowest BCUT2D eigenvalue weighted by molar-refractivity contribution is -0.132. The first-order valence-corrected chi connectivity index (χ1v) is 9.60. The van der Waals surface area contributed by atoms with Crippen molar-refractivity contribution in [1.82, 2.24) is 30.3 Å². The number of nitrogens with one attached hydrogen (secondary N) is 2. The van der Waals surface area contributed by atoms with Crippen LogP contribution < -0.4 is 10.9 Å². The summed E-state index contributed by atoms with van der Waals surface area (Å²) in [6.45, 7) is 5.40. The highest BCUT2D eigenvalue weighted by atomic mass is 16.2. The molecule has 1 aromatic carbocycles. The van der Waals surface area contributed by atoms with E-state index in [1.165, 1.54) is 0 Å². The SMILES string of the molecule is Cc1cnccc1CN(C)C(=O)C1CC(Cn2c(C)nc3ccccc32)NN1. The predicted octanol–water partition coefficient (Wildman–Crippen LogP) is 1.94. The quantitative estimate of drug-likeness (QED) is 0.710. The van der Waals surface area contributed by atoms with Crippen molar-refractivity contribution in [3.05, 3.63) is 59.7 Å². The summed E-state index contributed by atoms with van der Waals surface area (Å²) in [4.78, 5) is 23.4. The lowest BCUT2D eigenvalue weighted by Crippen LogP contribution is -2.44. The van der Waals surface area contributed by atoms with Crippen LogP contribution in [0.1, 0.15) is 23.4 Å². The minimum Gasteiger partial charge on any atom is -0.340 e. The number of carbonyl (C=O) groups is 1. The fourth-order valence-electron chi connectivity index (χ4n) is 3.83. The number of hydrazine groups is 1. The summed E-state index contributed by atoms with van der Waals surface area (Å²) < 4.78 is 2.21. The molecule has 2 unspecified atom stereocenters. The van der Waals surface area contributed by atoms with Crippen molar-refractivity contribution in [3.8, 4) is 0 Å². The van der Waals surface area contributed by atoms with E-state index >= 15 is 0 Å². The smallest absolute Gasteiger partial charge is 0.241 e. The molecule has 1 aliphatic rings. The average molecular weight is 378 g/mol. The molecule has 2 aromatic heterocycles. The maximum absolute atomic E-state index is 12.9. The number of benzene rings is 1. The number of para-hydroxylation sites is 2. The van der Waals surface area contributed by atoms with Crippen LogP contribution in [0.5, 0.6) is 0 Å². The zero-order valence-electron chi connectivity index (χ0n) is 16.5. The third-order valence-corrected chi connectivity index (χ3v) is 5.45. The average Bonchev–Trinajstić information content (AvgIpc) is 3.28. The Kier molecular flexibility index (Phi) is 5.11. The molecule has 7 nitrogen and oxygen atoms in total. The summed E-state index contributed by atoms with van der Waals surface area (Å²) in [6, 6.07) is 10.1. The van der Waals surface area contributed by atoms with Gasteiger partial charge in [0.1, 0.15) is 11.9 Å². The normalized spacial score (nSPS) is 19.2. The Hall–Kier alpha value is -2.77. The molecule has 3 aromatic rings. The fraction of sp³-hybridized carbons (Fsp3) is 0.381. The van der Waals surface area contributed by atoms with Gasteiger partial charge in [-0.05, 0) is 49.6 Å². The summed E-state index contributed by atoms with van der Waals surface area (Å²) in [7, 11) is 1.85. The van der Waals surface area contributed by atoms with Crippen LogP contribution in [0, 0.1) is 13.8 Å². The third-order valence-electron chi connectivity index (χ3n) is 5.45. The molecule has 0 bridgehead atoms. The lowest BCUT2D eigenvalue weighted by Gasteiger charge is -2.21. The molecular formula is C21H26N6O. The molecular weight excluding hydrogens is 352 g/mol. The molecule has 1 saturated heterocycles. The number of rotatable bonds is 5. The van der Waals surface area contributed by atoms with E-state index in [9.17, 15) is 4.79 Å². The van der Waals surface area contributed by atoms with E-state index in [4.69, 9.17) is 0 Å². The van der Waals surface area contributed by atoms with Crippen LogP contribution in [0.15, 0.2) is 42.7 Å². The number of hydrogen-bond donors (Lipinski definition) is 2. The molecule has 4 rings (SSSR count). The molecule has 1 aliphatic heterocycles. The van der Waals surface area contributed by atoms with Crippen LogP contribution in [0.4, 0.5) is 0 Å². The Labute approximate surface area is 164 Å². The van der Waals surface area contributed by atoms with Crippen LogP contribution >= 0.6 is 0 Å². The van der Waals surface area contributed by atoms with Gasteiger partial charge >= 0.3 is 0 Å². The van der Waals surface area contributed by atoms with Gasteiger partial charge in [0.25, 0.3) is 0 Å². The Morgan fingerprint density at radius 2 is 2.07 bits per heavy atom. The monoisotopic (exact) mass is 378 g/mol. The number of pyridine rings is 1. The van der Waals surface area contributed by atoms with E-state index < -0.39 is 0 Å². The van der Waals surface area contributed by atoms with Gasteiger partial charge in [-0.3, -0.25) is 15.2 Å². The number of aromatic nitrogens is 3. The molecule has 2 atom stereocenters. The number of fused-ring (bicyclic) bond motifs is 1. The van der Waals surface area contributed by atoms with Crippen LogP contribution in [0.25, 0.3) is 11.0 Å². The second-order valence-electron chi connectivity index (χ2n) is 7.53. The van der Waals surface area contributed by atoms with E-state index in [2.05, 4.69) is 31.5 Å². The molecule has 0 saturated carbocycles. The zero-order chi connectivity index (χ0) is 19.7. The van der Waals surface area contributed by atoms with Gasteiger partial charge in [0.2, 0.25) is 5.91 Å². The number of carbonyl (C=O) groups excluding carboxylic acids is 1. The first-order chi connectivity index (χ1) is 13.5. The first kappa shape index (κ1) is 18.6. The van der Waals surface area contributed by atoms with Gasteiger partial charge in [0.05, 0.1) is 11.0 Å². The van der Waals surface area contributed by atoms with Crippen LogP contribution in [-0.2, 0) is 17.9 Å². The minimum absolute atomic E-state index is 0.0958. The molecule has 28 heavy (non-hydrogen) atoms. The summed E-state index contributed by atoms with van der Waals surface area (Å²) in [5.74, 6) is 1.08. The van der Waals surface area contributed by atoms with E-state index in [0.717, 1.165) is 41.0 Å². The molecule has 2 N–H and O–H groups in total. The molecule has 1 amide bonds. The standard InChI is InChI=1S/C21H26N6O/c1-14-11-22-9-8-16(14)12-26(3)21(28)19-10-17(24-25-19)13-27-15(2)23-18-6-4-5-7-20(18)27/h4-9,11,17,19,24-25H,10,12-13H2,1-3H3. The van der Waals surface area contributed by atoms with E-state index in [1.54, 1.807) is 11.1 Å². The van der Waals surface area contributed by atoms with Gasteiger partial charge in [-0.2, -0.15) is 0 Å². The largest absolute Gasteiger partial charge is 0.340 e. The molecule has 0 radical (unpaired) electrons. The topological polar surface area (TPSA) is 75.1 Å². The minimum atomic E-state index is -0.229. The highest BCUT2D eigenvalue weighted by molar-refractivity contribution is 5.82. The number of aryl methyl sites for hydroxylation is 2.